The Hall–Kier alpha value is -1.43. The number of hydrogen-bond donors (Lipinski definition) is 1. The van der Waals surface area contributed by atoms with Crippen LogP contribution in [0, 0.1) is 0 Å². The molecule has 1 amide bonds. The van der Waals surface area contributed by atoms with Gasteiger partial charge >= 0.3 is 0 Å². The van der Waals surface area contributed by atoms with Crippen molar-refractivity contribution >= 4 is 23.5 Å². The molecule has 2 aliphatic heterocycles. The third kappa shape index (κ3) is 4.20. The van der Waals surface area contributed by atoms with Crippen LogP contribution in [0.25, 0.3) is 0 Å². The van der Waals surface area contributed by atoms with Crippen molar-refractivity contribution in [1.82, 2.24) is 15.1 Å². The van der Waals surface area contributed by atoms with Crippen LogP contribution in [0.15, 0.2) is 26.9 Å². The van der Waals surface area contributed by atoms with E-state index in [-0.39, 0.29) is 5.91 Å². The third-order valence-electron chi connectivity index (χ3n) is 6.18. The van der Waals surface area contributed by atoms with Crippen LogP contribution in [-0.4, -0.2) is 60.5 Å². The highest BCUT2D eigenvalue weighted by Crippen LogP contribution is 2.46. The van der Waals surface area contributed by atoms with Crippen molar-refractivity contribution in [1.29, 1.82) is 0 Å². The maximum atomic E-state index is 12.6. The predicted octanol–water partition coefficient (Wildman–Crippen LogP) is 3.50. The minimum Gasteiger partial charge on any atom is -0.376 e. The van der Waals surface area contributed by atoms with Gasteiger partial charge in [0.1, 0.15) is 11.7 Å². The quantitative estimate of drug-likeness (QED) is 0.578. The number of nitrogens with zero attached hydrogens (tertiary/aromatic N) is 3. The summed E-state index contributed by atoms with van der Waals surface area (Å²) in [7, 11) is 4.08. The monoisotopic (exact) mass is 388 g/mol. The minimum absolute atomic E-state index is 0.206. The molecule has 0 atom stereocenters. The van der Waals surface area contributed by atoms with E-state index in [1.54, 1.807) is 10.5 Å². The zero-order valence-electron chi connectivity index (χ0n) is 16.7. The minimum atomic E-state index is 0.206. The molecule has 4 rings (SSSR count). The lowest BCUT2D eigenvalue weighted by Crippen LogP contribution is -2.33. The molecule has 2 aliphatic carbocycles. The van der Waals surface area contributed by atoms with Crippen LogP contribution in [0.3, 0.4) is 0 Å². The van der Waals surface area contributed by atoms with E-state index in [1.165, 1.54) is 44.1 Å². The molecule has 2 fully saturated rings. The highest BCUT2D eigenvalue weighted by molar-refractivity contribution is 8.03. The van der Waals surface area contributed by atoms with Gasteiger partial charge in [-0.25, -0.2) is 4.99 Å². The van der Waals surface area contributed by atoms with Gasteiger partial charge in [-0.05, 0) is 61.8 Å². The number of rotatable bonds is 5. The van der Waals surface area contributed by atoms with Crippen LogP contribution in [0.1, 0.15) is 57.8 Å². The molecule has 1 saturated heterocycles. The fourth-order valence-electron chi connectivity index (χ4n) is 4.33. The molecule has 148 valence electrons. The molecule has 0 unspecified atom stereocenters. The van der Waals surface area contributed by atoms with Gasteiger partial charge in [0.15, 0.2) is 0 Å². The highest BCUT2D eigenvalue weighted by atomic mass is 32.2. The first-order valence-electron chi connectivity index (χ1n) is 10.5. The van der Waals surface area contributed by atoms with E-state index < -0.39 is 0 Å². The molecule has 0 aromatic rings. The number of aliphatic imine (C=N–C) groups is 1. The summed E-state index contributed by atoms with van der Waals surface area (Å²) in [5.74, 6) is 3.15. The third-order valence-corrected chi connectivity index (χ3v) is 7.41. The fraction of sp³-hybridized carbons (Fsp3) is 0.714. The Morgan fingerprint density at radius 1 is 1.22 bits per heavy atom. The highest BCUT2D eigenvalue weighted by Gasteiger charge is 2.33. The molecule has 0 spiro atoms. The van der Waals surface area contributed by atoms with Crippen molar-refractivity contribution in [2.75, 3.05) is 32.9 Å². The van der Waals surface area contributed by atoms with Crippen molar-refractivity contribution < 1.29 is 4.79 Å². The van der Waals surface area contributed by atoms with Crippen LogP contribution in [0.2, 0.25) is 0 Å². The summed E-state index contributed by atoms with van der Waals surface area (Å²) < 4.78 is 0. The maximum absolute atomic E-state index is 12.6. The van der Waals surface area contributed by atoms with Crippen LogP contribution < -0.4 is 5.32 Å². The first-order chi connectivity index (χ1) is 13.2. The zero-order valence-corrected chi connectivity index (χ0v) is 17.5. The van der Waals surface area contributed by atoms with E-state index in [0.29, 0.717) is 12.5 Å². The smallest absolute Gasteiger partial charge is 0.230 e. The SMILES string of the molecule is CN/C(CC(=O)N1CCCC1)=N\C(=C1/CSC2=C1CCCC2)N(C)C1CC1. The van der Waals surface area contributed by atoms with Crippen LogP contribution in [0.5, 0.6) is 0 Å². The number of amidine groups is 1. The van der Waals surface area contributed by atoms with Gasteiger partial charge in [0.05, 0.1) is 6.42 Å². The topological polar surface area (TPSA) is 47.9 Å². The van der Waals surface area contributed by atoms with Crippen molar-refractivity contribution in [3.8, 4) is 0 Å². The number of amides is 1. The molecule has 1 saturated carbocycles. The summed E-state index contributed by atoms with van der Waals surface area (Å²) in [6.45, 7) is 1.80. The molecule has 2 heterocycles. The summed E-state index contributed by atoms with van der Waals surface area (Å²) in [4.78, 5) is 23.6. The largest absolute Gasteiger partial charge is 0.376 e. The van der Waals surface area contributed by atoms with Gasteiger partial charge in [-0.3, -0.25) is 4.79 Å². The number of carbonyl (C=O) groups excluding carboxylic acids is 1. The molecular formula is C21H32N4OS. The second-order valence-electron chi connectivity index (χ2n) is 8.11. The normalized spacial score (nSPS) is 25.0. The Kier molecular flexibility index (Phi) is 5.81. The summed E-state index contributed by atoms with van der Waals surface area (Å²) in [6, 6.07) is 0.613. The van der Waals surface area contributed by atoms with E-state index in [0.717, 1.165) is 43.3 Å². The van der Waals surface area contributed by atoms with Gasteiger partial charge in [-0.2, -0.15) is 0 Å². The van der Waals surface area contributed by atoms with Crippen molar-refractivity contribution in [3.05, 3.63) is 21.9 Å². The lowest BCUT2D eigenvalue weighted by atomic mass is 9.94. The number of carbonyl (C=O) groups is 1. The number of hydrogen-bond acceptors (Lipinski definition) is 4. The number of allylic oxidation sites excluding steroid dienone is 2. The van der Waals surface area contributed by atoms with Crippen LogP contribution in [0.4, 0.5) is 0 Å². The molecular weight excluding hydrogens is 356 g/mol. The molecule has 0 aromatic heterocycles. The van der Waals surface area contributed by atoms with E-state index in [1.807, 2.05) is 23.7 Å². The summed E-state index contributed by atoms with van der Waals surface area (Å²) in [6.07, 6.45) is 10.2. The number of likely N-dealkylation sites (tertiary alicyclic amines) is 1. The maximum Gasteiger partial charge on any atom is 0.230 e. The van der Waals surface area contributed by atoms with Crippen molar-refractivity contribution in [2.24, 2.45) is 4.99 Å². The lowest BCUT2D eigenvalue weighted by Gasteiger charge is -2.24. The number of thioether (sulfide) groups is 1. The van der Waals surface area contributed by atoms with E-state index in [4.69, 9.17) is 4.99 Å². The van der Waals surface area contributed by atoms with Gasteiger partial charge in [0.25, 0.3) is 0 Å². The van der Waals surface area contributed by atoms with Crippen molar-refractivity contribution in [2.45, 2.75) is 63.8 Å². The molecule has 27 heavy (non-hydrogen) atoms. The molecule has 4 aliphatic rings. The van der Waals surface area contributed by atoms with Gasteiger partial charge in [-0.15, -0.1) is 11.8 Å². The second kappa shape index (κ2) is 8.29. The Morgan fingerprint density at radius 2 is 1.96 bits per heavy atom. The first-order valence-corrected chi connectivity index (χ1v) is 11.5. The van der Waals surface area contributed by atoms with Gasteiger partial charge < -0.3 is 15.1 Å². The molecule has 0 bridgehead atoms. The van der Waals surface area contributed by atoms with Gasteiger partial charge in [0.2, 0.25) is 5.91 Å². The Morgan fingerprint density at radius 3 is 2.67 bits per heavy atom. The fourth-order valence-corrected chi connectivity index (χ4v) is 5.64. The standard InChI is InChI=1S/C21H32N4OS/c1-22-19(13-20(26)25-11-5-6-12-25)23-21(24(2)15-9-10-15)17-14-27-18-8-4-3-7-16(17)18/h15H,3-14H2,1-2H3,(H,22,23)/b21-17-. The van der Waals surface area contributed by atoms with E-state index in [2.05, 4.69) is 17.3 Å². The summed E-state index contributed by atoms with van der Waals surface area (Å²) >= 11 is 2.01. The zero-order chi connectivity index (χ0) is 18.8. The van der Waals surface area contributed by atoms with E-state index in [9.17, 15) is 4.79 Å². The van der Waals surface area contributed by atoms with Gasteiger partial charge in [0, 0.05) is 44.6 Å². The lowest BCUT2D eigenvalue weighted by molar-refractivity contribution is -0.128. The van der Waals surface area contributed by atoms with Crippen LogP contribution in [-0.2, 0) is 4.79 Å². The average Bonchev–Trinajstić information content (AvgIpc) is 3.22. The Balaban J connectivity index is 1.62. The second-order valence-corrected chi connectivity index (χ2v) is 9.19. The summed E-state index contributed by atoms with van der Waals surface area (Å²) in [5, 5.41) is 3.22. The molecule has 0 radical (unpaired) electrons. The van der Waals surface area contributed by atoms with Crippen LogP contribution >= 0.6 is 11.8 Å². The van der Waals surface area contributed by atoms with Crippen molar-refractivity contribution in [3.63, 3.8) is 0 Å². The Bertz CT molecular complexity index is 686. The predicted molar refractivity (Wildman–Crippen MR) is 113 cm³/mol. The molecule has 6 heteroatoms. The molecule has 0 aromatic carbocycles. The molecule has 1 N–H and O–H groups in total. The van der Waals surface area contributed by atoms with E-state index >= 15 is 0 Å². The summed E-state index contributed by atoms with van der Waals surface area (Å²) in [5.41, 5.74) is 2.98. The average molecular weight is 389 g/mol. The molecule has 5 nitrogen and oxygen atoms in total. The van der Waals surface area contributed by atoms with Gasteiger partial charge in [-0.1, -0.05) is 0 Å². The Labute approximate surface area is 167 Å². The number of nitrogens with one attached hydrogen (secondary N) is 1. The first kappa shape index (κ1) is 18.9.